The van der Waals surface area contributed by atoms with Gasteiger partial charge in [-0.1, -0.05) is 48.5 Å². The van der Waals surface area contributed by atoms with Gasteiger partial charge >= 0.3 is 18.2 Å². The molecule has 0 bridgehead atoms. The zero-order valence-corrected chi connectivity index (χ0v) is 20.7. The van der Waals surface area contributed by atoms with Crippen LogP contribution in [0.2, 0.25) is 0 Å². The van der Waals surface area contributed by atoms with Gasteiger partial charge in [0.2, 0.25) is 0 Å². The fraction of sp³-hybridized carbons (Fsp3) is 0.333. The first-order valence-electron chi connectivity index (χ1n) is 11.6. The molecule has 1 atom stereocenters. The number of hydrogen-bond acceptors (Lipinski definition) is 6. The maximum atomic E-state index is 12.9. The summed E-state index contributed by atoms with van der Waals surface area (Å²) >= 11 is 0. The van der Waals surface area contributed by atoms with Crippen molar-refractivity contribution in [1.29, 1.82) is 0 Å². The third-order valence-corrected chi connectivity index (χ3v) is 6.02. The molecule has 3 aromatic rings. The van der Waals surface area contributed by atoms with Crippen LogP contribution in [0.1, 0.15) is 43.5 Å². The Bertz CT molecular complexity index is 1250. The summed E-state index contributed by atoms with van der Waals surface area (Å²) in [5.74, 6) is -1.35. The second-order valence-corrected chi connectivity index (χ2v) is 9.73. The van der Waals surface area contributed by atoms with Crippen molar-refractivity contribution in [1.82, 2.24) is 14.5 Å². The van der Waals surface area contributed by atoms with E-state index in [1.54, 1.807) is 20.8 Å². The second kappa shape index (κ2) is 9.85. The lowest BCUT2D eigenvalue weighted by molar-refractivity contribution is -0.142. The Labute approximate surface area is 209 Å². The number of carboxylic acid groups (broad SMARTS) is 1. The predicted molar refractivity (Wildman–Crippen MR) is 132 cm³/mol. The molecule has 0 saturated heterocycles. The van der Waals surface area contributed by atoms with Crippen molar-refractivity contribution in [2.45, 2.75) is 44.8 Å². The van der Waals surface area contributed by atoms with E-state index in [2.05, 4.69) is 4.98 Å². The number of amides is 1. The highest BCUT2D eigenvalue weighted by atomic mass is 16.6. The van der Waals surface area contributed by atoms with Gasteiger partial charge in [-0.25, -0.2) is 23.9 Å². The largest absolute Gasteiger partial charge is 0.480 e. The minimum Gasteiger partial charge on any atom is -0.480 e. The number of hydrogen-bond donors (Lipinski definition) is 1. The Morgan fingerprint density at radius 3 is 2.19 bits per heavy atom. The molecule has 9 heteroatoms. The maximum Gasteiger partial charge on any atom is 0.419 e. The average Bonchev–Trinajstić information content (AvgIpc) is 3.42. The minimum absolute atomic E-state index is 0.0802. The second-order valence-electron chi connectivity index (χ2n) is 9.73. The average molecular weight is 492 g/mol. The Morgan fingerprint density at radius 1 is 1.06 bits per heavy atom. The Hall–Kier alpha value is -4.14. The van der Waals surface area contributed by atoms with E-state index in [0.29, 0.717) is 5.69 Å². The molecule has 1 N–H and O–H groups in total. The first kappa shape index (κ1) is 25.0. The molecule has 1 amide bonds. The Kier molecular flexibility index (Phi) is 6.83. The normalized spacial score (nSPS) is 13.4. The van der Waals surface area contributed by atoms with E-state index in [0.717, 1.165) is 31.7 Å². The van der Waals surface area contributed by atoms with Crippen molar-refractivity contribution < 1.29 is 29.0 Å². The van der Waals surface area contributed by atoms with Gasteiger partial charge in [0.05, 0.1) is 5.69 Å². The van der Waals surface area contributed by atoms with Gasteiger partial charge in [0, 0.05) is 25.6 Å². The van der Waals surface area contributed by atoms with Gasteiger partial charge in [-0.3, -0.25) is 4.90 Å². The van der Waals surface area contributed by atoms with E-state index in [9.17, 15) is 19.5 Å². The number of carboxylic acids is 1. The zero-order valence-electron chi connectivity index (χ0n) is 20.7. The van der Waals surface area contributed by atoms with E-state index in [-0.39, 0.29) is 18.9 Å². The highest BCUT2D eigenvalue weighted by molar-refractivity contribution is 5.81. The lowest BCUT2D eigenvalue weighted by Crippen LogP contribution is -2.44. The third kappa shape index (κ3) is 5.25. The smallest absolute Gasteiger partial charge is 0.419 e. The van der Waals surface area contributed by atoms with E-state index in [1.165, 1.54) is 19.6 Å². The summed E-state index contributed by atoms with van der Waals surface area (Å²) in [6, 6.07) is 14.7. The highest BCUT2D eigenvalue weighted by Crippen LogP contribution is 2.44. The van der Waals surface area contributed by atoms with Crippen molar-refractivity contribution >= 4 is 18.2 Å². The van der Waals surface area contributed by atoms with Crippen LogP contribution >= 0.6 is 0 Å². The number of benzene rings is 2. The highest BCUT2D eigenvalue weighted by Gasteiger charge is 2.32. The number of rotatable bonds is 6. The lowest BCUT2D eigenvalue weighted by atomic mass is 9.98. The first-order chi connectivity index (χ1) is 17.0. The topological polar surface area (TPSA) is 111 Å². The molecule has 0 saturated carbocycles. The molecule has 0 radical (unpaired) electrons. The van der Waals surface area contributed by atoms with E-state index >= 15 is 0 Å². The van der Waals surface area contributed by atoms with Crippen LogP contribution in [-0.4, -0.2) is 63.0 Å². The van der Waals surface area contributed by atoms with Gasteiger partial charge in [-0.2, -0.15) is 0 Å². The number of aliphatic carboxylic acids is 1. The van der Waals surface area contributed by atoms with Crippen LogP contribution in [0.15, 0.2) is 61.1 Å². The van der Waals surface area contributed by atoms with Crippen molar-refractivity contribution in [2.75, 3.05) is 13.7 Å². The fourth-order valence-corrected chi connectivity index (χ4v) is 4.29. The van der Waals surface area contributed by atoms with Gasteiger partial charge in [0.25, 0.3) is 0 Å². The van der Waals surface area contributed by atoms with Gasteiger partial charge in [0.15, 0.2) is 0 Å². The standard InChI is InChI=1S/C27H29N3O6/c1-27(2,3)36-26(34)30-14-17(28-16-30)13-23(24(31)32)29(4)25(33)35-15-22-20-11-7-5-9-18(20)19-10-6-8-12-21(19)22/h5-12,14,16,22-23H,13,15H2,1-4H3,(H,31,32). The summed E-state index contributed by atoms with van der Waals surface area (Å²) in [6.07, 6.45) is 1.17. The molecule has 0 fully saturated rings. The van der Waals surface area contributed by atoms with Gasteiger partial charge < -0.3 is 14.6 Å². The quantitative estimate of drug-likeness (QED) is 0.539. The first-order valence-corrected chi connectivity index (χ1v) is 11.6. The van der Waals surface area contributed by atoms with Crippen molar-refractivity contribution in [3.63, 3.8) is 0 Å². The van der Waals surface area contributed by atoms with Crippen LogP contribution in [0.3, 0.4) is 0 Å². The zero-order chi connectivity index (χ0) is 26.0. The number of aromatic nitrogens is 2. The van der Waals surface area contributed by atoms with Crippen LogP contribution in [-0.2, 0) is 20.7 Å². The van der Waals surface area contributed by atoms with Crippen LogP contribution in [0.25, 0.3) is 11.1 Å². The Morgan fingerprint density at radius 2 is 1.64 bits per heavy atom. The molecule has 0 spiro atoms. The summed E-state index contributed by atoms with van der Waals surface area (Å²) in [7, 11) is 1.38. The molecular formula is C27H29N3O6. The number of carbonyl (C=O) groups excluding carboxylic acids is 2. The third-order valence-electron chi connectivity index (χ3n) is 6.02. The Balaban J connectivity index is 1.43. The number of fused-ring (bicyclic) bond motifs is 3. The summed E-state index contributed by atoms with van der Waals surface area (Å²) in [5.41, 5.74) is 3.98. The molecule has 1 aliphatic carbocycles. The van der Waals surface area contributed by atoms with Gasteiger partial charge in [-0.15, -0.1) is 0 Å². The molecule has 1 heterocycles. The number of ether oxygens (including phenoxy) is 2. The molecular weight excluding hydrogens is 462 g/mol. The molecule has 1 aliphatic rings. The van der Waals surface area contributed by atoms with Crippen LogP contribution < -0.4 is 0 Å². The molecule has 2 aromatic carbocycles. The van der Waals surface area contributed by atoms with Crippen LogP contribution in [0.4, 0.5) is 9.59 Å². The van der Waals surface area contributed by atoms with E-state index < -0.39 is 29.8 Å². The monoisotopic (exact) mass is 491 g/mol. The van der Waals surface area contributed by atoms with Crippen LogP contribution in [0, 0.1) is 0 Å². The summed E-state index contributed by atoms with van der Waals surface area (Å²) in [5, 5.41) is 9.79. The van der Waals surface area contributed by atoms with E-state index in [4.69, 9.17) is 9.47 Å². The van der Waals surface area contributed by atoms with Gasteiger partial charge in [-0.05, 0) is 43.0 Å². The lowest BCUT2D eigenvalue weighted by Gasteiger charge is -2.24. The van der Waals surface area contributed by atoms with E-state index in [1.807, 2.05) is 48.5 Å². The fourth-order valence-electron chi connectivity index (χ4n) is 4.29. The molecule has 4 rings (SSSR count). The molecule has 9 nitrogen and oxygen atoms in total. The predicted octanol–water partition coefficient (Wildman–Crippen LogP) is 4.54. The maximum absolute atomic E-state index is 12.9. The number of carbonyl (C=O) groups is 3. The molecule has 1 aromatic heterocycles. The molecule has 0 aliphatic heterocycles. The number of likely N-dealkylation sites (N-methyl/N-ethyl adjacent to an activating group) is 1. The molecule has 1 unspecified atom stereocenters. The SMILES string of the molecule is CN(C(=O)OCC1c2ccccc2-c2ccccc21)C(Cc1cn(C(=O)OC(C)(C)C)cn1)C(=O)O. The summed E-state index contributed by atoms with van der Waals surface area (Å²) in [6.45, 7) is 5.31. The number of imidazole rings is 1. The van der Waals surface area contributed by atoms with Crippen LogP contribution in [0.5, 0.6) is 0 Å². The van der Waals surface area contributed by atoms with Crippen molar-refractivity contribution in [2.24, 2.45) is 0 Å². The molecule has 188 valence electrons. The van der Waals surface area contributed by atoms with Gasteiger partial charge in [0.1, 0.15) is 24.6 Å². The minimum atomic E-state index is -1.23. The molecule has 36 heavy (non-hydrogen) atoms. The summed E-state index contributed by atoms with van der Waals surface area (Å²) in [4.78, 5) is 42.2. The van der Waals surface area contributed by atoms with Crippen molar-refractivity contribution in [3.05, 3.63) is 77.9 Å². The number of nitrogens with zero attached hydrogens (tertiary/aromatic N) is 3. The van der Waals surface area contributed by atoms with Crippen molar-refractivity contribution in [3.8, 4) is 11.1 Å². The summed E-state index contributed by atoms with van der Waals surface area (Å²) < 4.78 is 12.0.